The molecule has 1 heterocycles. The lowest BCUT2D eigenvalue weighted by molar-refractivity contribution is -0.680. The van der Waals surface area contributed by atoms with E-state index in [4.69, 9.17) is 4.74 Å². The Hall–Kier alpha value is -2.37. The Labute approximate surface area is 178 Å². The number of aromatic nitrogens is 2. The molecule has 1 aromatic heterocycles. The van der Waals surface area contributed by atoms with Gasteiger partial charge in [0.25, 0.3) is 11.2 Å². The molecule has 1 atom stereocenters. The van der Waals surface area contributed by atoms with Crippen molar-refractivity contribution in [1.29, 1.82) is 0 Å². The first-order valence-electron chi connectivity index (χ1n) is 8.36. The summed E-state index contributed by atoms with van der Waals surface area (Å²) in [4.78, 5) is 15.1. The van der Waals surface area contributed by atoms with E-state index in [0.717, 1.165) is 17.0 Å². The molecule has 0 aliphatic heterocycles. The number of hydrogen-bond acceptors (Lipinski definition) is 7. The van der Waals surface area contributed by atoms with E-state index >= 15 is 0 Å². The zero-order chi connectivity index (χ0) is 25.3. The average Bonchev–Trinajstić information content (AvgIpc) is 3.07. The minimum absolute atomic E-state index is 0.159. The van der Waals surface area contributed by atoms with Gasteiger partial charge in [-0.2, -0.15) is 43.2 Å². The third-order valence-electron chi connectivity index (χ3n) is 4.00. The zero-order valence-electron chi connectivity index (χ0n) is 16.9. The molecular weight excluding hydrogens is 500 g/mol. The van der Waals surface area contributed by atoms with E-state index in [0.29, 0.717) is 14.0 Å². The lowest BCUT2D eigenvalue weighted by Crippen LogP contribution is -2.57. The van der Waals surface area contributed by atoms with Crippen LogP contribution >= 0.6 is 0 Å². The van der Waals surface area contributed by atoms with Crippen LogP contribution in [0.25, 0.3) is 0 Å². The smallest absolute Gasteiger partial charge is 0.464 e. The van der Waals surface area contributed by atoms with E-state index in [1.807, 2.05) is 0 Å². The van der Waals surface area contributed by atoms with Gasteiger partial charge in [-0.3, -0.25) is 4.79 Å². The summed E-state index contributed by atoms with van der Waals surface area (Å²) >= 11 is 0. The second-order valence-electron chi connectivity index (χ2n) is 6.29. The normalized spacial score (nSPS) is 15.1. The summed E-state index contributed by atoms with van der Waals surface area (Å²) in [6.45, 7) is 1.77. The van der Waals surface area contributed by atoms with Gasteiger partial charge in [-0.25, -0.2) is 9.55 Å². The lowest BCUT2D eigenvalue weighted by atomic mass is 9.89. The van der Waals surface area contributed by atoms with Crippen LogP contribution in [0.4, 0.5) is 26.3 Å². The van der Waals surface area contributed by atoms with Gasteiger partial charge in [0.15, 0.2) is 0 Å². The maximum Gasteiger partial charge on any atom is 0.561 e. The molecule has 1 rings (SSSR count). The van der Waals surface area contributed by atoms with Crippen LogP contribution < -0.4 is 4.57 Å². The third kappa shape index (κ3) is 4.55. The highest BCUT2D eigenvalue weighted by Crippen LogP contribution is 2.35. The van der Waals surface area contributed by atoms with Crippen molar-refractivity contribution < 1.29 is 65.4 Å². The molecule has 1 N–H and O–H groups in total. The second kappa shape index (κ2) is 8.87. The number of carbonyl (C=O) groups is 1. The van der Waals surface area contributed by atoms with Crippen LogP contribution in [-0.2, 0) is 46.8 Å². The fourth-order valence-electron chi connectivity index (χ4n) is 2.52. The van der Waals surface area contributed by atoms with Crippen LogP contribution in [0, 0.1) is 0 Å². The summed E-state index contributed by atoms with van der Waals surface area (Å²) in [7, 11) is -13.0. The molecule has 0 radical (unpaired) electrons. The highest BCUT2D eigenvalue weighted by Gasteiger charge is 2.72. The third-order valence-corrected chi connectivity index (χ3v) is 7.55. The van der Waals surface area contributed by atoms with Gasteiger partial charge in [-0.15, -0.1) is 0 Å². The number of methoxy groups -OCH3 is 1. The van der Waals surface area contributed by atoms with Crippen LogP contribution in [0.3, 0.4) is 0 Å². The van der Waals surface area contributed by atoms with Gasteiger partial charge in [-0.05, 0) is 13.3 Å². The standard InChI is InChI=1S/C14H18F6N3O7S2/c1-5-8-30-11(24)12(2,9-21-6-7-22(9)3)10(29-4)23(31(25,26)13(15,16)17)32(27,28)14(18,19)20/h6-7H,5,8H2,1-4H3/q+1/p+1/t12-/m1/s1. The predicted octanol–water partition coefficient (Wildman–Crippen LogP) is 0.807. The summed E-state index contributed by atoms with van der Waals surface area (Å²) in [5, 5.41) is 0. The number of rotatable bonds is 7. The van der Waals surface area contributed by atoms with Crippen molar-refractivity contribution in [2.24, 2.45) is 7.05 Å². The Morgan fingerprint density at radius 3 is 1.88 bits per heavy atom. The second-order valence-corrected chi connectivity index (χ2v) is 10.1. The van der Waals surface area contributed by atoms with E-state index in [-0.39, 0.29) is 13.0 Å². The number of sulfonamides is 2. The van der Waals surface area contributed by atoms with Crippen molar-refractivity contribution in [1.82, 2.24) is 4.98 Å². The van der Waals surface area contributed by atoms with E-state index in [2.05, 4.69) is 9.72 Å². The van der Waals surface area contributed by atoms with Crippen LogP contribution in [0.1, 0.15) is 26.1 Å². The highest BCUT2D eigenvalue weighted by molar-refractivity contribution is 7.98. The number of esters is 1. The van der Waals surface area contributed by atoms with Crippen molar-refractivity contribution in [3.8, 4) is 0 Å². The molecule has 0 fully saturated rings. The molecule has 32 heavy (non-hydrogen) atoms. The number of nitrogens with one attached hydrogen (secondary N) is 1. The van der Waals surface area contributed by atoms with Crippen molar-refractivity contribution in [2.75, 3.05) is 13.7 Å². The molecule has 0 saturated heterocycles. The number of hydrogen-bond donors (Lipinski definition) is 1. The average molecular weight is 519 g/mol. The molecule has 0 saturated carbocycles. The number of aromatic amines is 1. The molecule has 18 heteroatoms. The molecule has 0 aliphatic carbocycles. The minimum Gasteiger partial charge on any atom is -0.464 e. The fraction of sp³-hybridized carbons (Fsp3) is 0.643. The van der Waals surface area contributed by atoms with Gasteiger partial charge in [0, 0.05) is 0 Å². The number of carbonyl (C=O) groups excluding carboxylic acids is 1. The lowest BCUT2D eigenvalue weighted by Gasteiger charge is -2.22. The summed E-state index contributed by atoms with van der Waals surface area (Å²) in [6, 6.07) is 0. The number of halogens is 6. The first-order chi connectivity index (χ1) is 14.3. The van der Waals surface area contributed by atoms with Crippen LogP contribution in [0.15, 0.2) is 12.4 Å². The summed E-state index contributed by atoms with van der Waals surface area (Å²) < 4.78 is 136. The van der Waals surface area contributed by atoms with Crippen LogP contribution in [0.5, 0.6) is 0 Å². The van der Waals surface area contributed by atoms with Gasteiger partial charge in [0.1, 0.15) is 12.4 Å². The minimum atomic E-state index is -7.30. The topological polar surface area (TPSA) is 126 Å². The quantitative estimate of drug-likeness (QED) is 0.186. The molecule has 0 amide bonds. The molecule has 0 aliphatic rings. The largest absolute Gasteiger partial charge is 0.561 e. The first kappa shape index (κ1) is 27.7. The first-order valence-corrected chi connectivity index (χ1v) is 11.2. The summed E-state index contributed by atoms with van der Waals surface area (Å²) in [5.74, 6) is -4.17. The van der Waals surface area contributed by atoms with Crippen molar-refractivity contribution in [2.45, 2.75) is 36.7 Å². The predicted molar refractivity (Wildman–Crippen MR) is 92.8 cm³/mol. The highest BCUT2D eigenvalue weighted by atomic mass is 32.3. The van der Waals surface area contributed by atoms with Gasteiger partial charge < -0.3 is 9.47 Å². The Kier molecular flexibility index (Phi) is 7.67. The van der Waals surface area contributed by atoms with Gasteiger partial charge in [0.2, 0.25) is 0 Å². The van der Waals surface area contributed by atoms with Crippen molar-refractivity contribution in [3.63, 3.8) is 0 Å². The van der Waals surface area contributed by atoms with Crippen LogP contribution in [0.2, 0.25) is 0 Å². The van der Waals surface area contributed by atoms with E-state index in [9.17, 15) is 48.0 Å². The molecule has 0 bridgehead atoms. The Bertz CT molecular complexity index is 1060. The summed E-state index contributed by atoms with van der Waals surface area (Å²) in [6.07, 6.45) is 2.41. The van der Waals surface area contributed by atoms with E-state index in [1.54, 1.807) is 0 Å². The monoisotopic (exact) mass is 519 g/mol. The zero-order valence-corrected chi connectivity index (χ0v) is 18.5. The number of imidazole rings is 1. The Balaban J connectivity index is 4.35. The van der Waals surface area contributed by atoms with E-state index in [1.165, 1.54) is 14.0 Å². The van der Waals surface area contributed by atoms with Crippen molar-refractivity contribution in [3.05, 3.63) is 18.2 Å². The number of ether oxygens (including phenoxy) is 2. The molecule has 0 aromatic carbocycles. The molecule has 0 spiro atoms. The van der Waals surface area contributed by atoms with Gasteiger partial charge >= 0.3 is 42.9 Å². The molecule has 1 aromatic rings. The van der Waals surface area contributed by atoms with E-state index < -0.39 is 57.6 Å². The van der Waals surface area contributed by atoms with Gasteiger partial charge in [-0.1, -0.05) is 6.92 Å². The number of H-pyrrole nitrogens is 1. The maximum atomic E-state index is 13.3. The van der Waals surface area contributed by atoms with Crippen LogP contribution in [-0.4, -0.2) is 61.8 Å². The molecular formula is C14H19F6N3O7S2+2. The number of aryl methyl sites for hydroxylation is 1. The molecule has 0 unspecified atom stereocenters. The molecule has 184 valence electrons. The SMILES string of the molecule is CCCOC(=O)[C@@](C)(C(OC)=[N+](S(=O)(=O)C(F)(F)F)S(=O)(=O)C(F)(F)F)c1[nH]cc[n+]1C. The Morgan fingerprint density at radius 1 is 1.09 bits per heavy atom. The fourth-order valence-corrected chi connectivity index (χ4v) is 5.39. The number of alkyl halides is 6. The molecule has 10 nitrogen and oxygen atoms in total. The summed E-state index contributed by atoms with van der Waals surface area (Å²) in [5.41, 5.74) is -16.0. The van der Waals surface area contributed by atoms with Crippen molar-refractivity contribution >= 4 is 31.9 Å². The Morgan fingerprint density at radius 2 is 1.56 bits per heavy atom. The number of nitrogens with zero attached hydrogens (tertiary/aromatic N) is 2. The van der Waals surface area contributed by atoms with Gasteiger partial charge in [0.05, 0.1) is 24.2 Å². The maximum absolute atomic E-state index is 13.3.